The van der Waals surface area contributed by atoms with Gasteiger partial charge in [0.05, 0.1) is 39.7 Å². The van der Waals surface area contributed by atoms with Crippen LogP contribution < -0.4 is 20.7 Å². The maximum Gasteiger partial charge on any atom is 0.330 e. The first-order valence-electron chi connectivity index (χ1n) is 18.4. The van der Waals surface area contributed by atoms with E-state index in [0.29, 0.717) is 24.5 Å². The molecule has 14 heteroatoms. The predicted octanol–water partition coefficient (Wildman–Crippen LogP) is 6.23. The fourth-order valence-corrected chi connectivity index (χ4v) is 10.8. The van der Waals surface area contributed by atoms with Gasteiger partial charge in [0.1, 0.15) is 34.9 Å². The van der Waals surface area contributed by atoms with Crippen molar-refractivity contribution in [1.82, 2.24) is 14.2 Å². The molecule has 13 nitrogen and oxygen atoms in total. The molecule has 1 aromatic heterocycles. The van der Waals surface area contributed by atoms with Crippen LogP contribution in [0.15, 0.2) is 101 Å². The zero-order chi connectivity index (χ0) is 39.4. The largest absolute Gasteiger partial charge is 0.497 e. The first-order valence-corrected chi connectivity index (χ1v) is 20.2. The SMILES string of the molecule is COc1ccc(C(OC[C@H]2O[C@@H](n3ccc(=O)[nH]c3=O)[C@]3(CCO3)[C@@H]2OP(=O)(CCC#N)N(C(C)C)C(C)C)(c2ccccc2)c2ccc(OC)cc2)cc1. The number of aromatic amines is 1. The fraction of sp³-hybridized carbons (Fsp3) is 0.439. The van der Waals surface area contributed by atoms with Gasteiger partial charge in [0.25, 0.3) is 13.1 Å². The van der Waals surface area contributed by atoms with E-state index in [0.717, 1.165) is 16.7 Å². The quantitative estimate of drug-likeness (QED) is 0.102. The molecule has 5 atom stereocenters. The van der Waals surface area contributed by atoms with E-state index in [1.54, 1.807) is 14.2 Å². The summed E-state index contributed by atoms with van der Waals surface area (Å²) in [5.74, 6) is 1.33. The van der Waals surface area contributed by atoms with Crippen LogP contribution >= 0.6 is 7.52 Å². The van der Waals surface area contributed by atoms with Crippen LogP contribution in [0.2, 0.25) is 0 Å². The van der Waals surface area contributed by atoms with Crippen molar-refractivity contribution in [2.45, 2.75) is 82.3 Å². The molecule has 1 N–H and O–H groups in total. The topological polar surface area (TPSA) is 154 Å². The lowest BCUT2D eigenvalue weighted by Gasteiger charge is -2.48. The number of rotatable bonds is 16. The summed E-state index contributed by atoms with van der Waals surface area (Å²) in [6.07, 6.45) is -1.35. The lowest BCUT2D eigenvalue weighted by Crippen LogP contribution is -2.59. The van der Waals surface area contributed by atoms with Gasteiger partial charge in [0.2, 0.25) is 0 Å². The third kappa shape index (κ3) is 7.68. The fourth-order valence-electron chi connectivity index (χ4n) is 7.93. The summed E-state index contributed by atoms with van der Waals surface area (Å²) in [5, 5.41) is 9.67. The highest BCUT2D eigenvalue weighted by Crippen LogP contribution is 2.60. The zero-order valence-corrected chi connectivity index (χ0v) is 32.9. The summed E-state index contributed by atoms with van der Waals surface area (Å²) in [6.45, 7) is 7.94. The predicted molar refractivity (Wildman–Crippen MR) is 206 cm³/mol. The highest BCUT2D eigenvalue weighted by molar-refractivity contribution is 7.56. The van der Waals surface area contributed by atoms with Crippen LogP contribution in [0.25, 0.3) is 0 Å². The van der Waals surface area contributed by atoms with Gasteiger partial charge < -0.3 is 28.2 Å². The smallest absolute Gasteiger partial charge is 0.330 e. The molecule has 0 bridgehead atoms. The average molecular weight is 773 g/mol. The van der Waals surface area contributed by atoms with Crippen LogP contribution in [0, 0.1) is 11.3 Å². The molecule has 2 aliphatic heterocycles. The van der Waals surface area contributed by atoms with E-state index in [-0.39, 0.29) is 31.3 Å². The highest BCUT2D eigenvalue weighted by atomic mass is 31.2. The van der Waals surface area contributed by atoms with E-state index in [4.69, 9.17) is 28.2 Å². The Kier molecular flexibility index (Phi) is 12.2. The molecule has 0 amide bonds. The highest BCUT2D eigenvalue weighted by Gasteiger charge is 2.65. The van der Waals surface area contributed by atoms with Gasteiger partial charge in [-0.25, -0.2) is 9.46 Å². The van der Waals surface area contributed by atoms with Gasteiger partial charge in [-0.2, -0.15) is 5.26 Å². The van der Waals surface area contributed by atoms with Gasteiger partial charge in [-0.1, -0.05) is 54.6 Å². The molecule has 4 aromatic rings. The Morgan fingerprint density at radius 1 is 0.927 bits per heavy atom. The van der Waals surface area contributed by atoms with Gasteiger partial charge in [-0.15, -0.1) is 0 Å². The maximum atomic E-state index is 15.3. The Hall–Kier alpha value is -4.54. The van der Waals surface area contributed by atoms with Crippen molar-refractivity contribution in [2.75, 3.05) is 33.6 Å². The number of ether oxygens (including phenoxy) is 5. The van der Waals surface area contributed by atoms with Crippen LogP contribution in [-0.2, 0) is 28.9 Å². The molecule has 2 saturated heterocycles. The Balaban J connectivity index is 1.52. The minimum absolute atomic E-state index is 0.00924. The maximum absolute atomic E-state index is 15.3. The van der Waals surface area contributed by atoms with Crippen LogP contribution in [0.3, 0.4) is 0 Å². The van der Waals surface area contributed by atoms with Crippen molar-refractivity contribution in [2.24, 2.45) is 0 Å². The molecule has 3 aromatic carbocycles. The Morgan fingerprint density at radius 3 is 1.96 bits per heavy atom. The molecule has 2 aliphatic rings. The molecule has 2 fully saturated rings. The number of nitrogens with zero attached hydrogens (tertiary/aromatic N) is 3. The molecule has 0 aliphatic carbocycles. The van der Waals surface area contributed by atoms with Gasteiger partial charge in [-0.3, -0.25) is 18.9 Å². The zero-order valence-electron chi connectivity index (χ0n) is 32.0. The van der Waals surface area contributed by atoms with E-state index >= 15 is 4.57 Å². The third-order valence-corrected chi connectivity index (χ3v) is 13.3. The molecule has 3 heterocycles. The average Bonchev–Trinajstić information content (AvgIpc) is 3.48. The molecule has 292 valence electrons. The summed E-state index contributed by atoms with van der Waals surface area (Å²) >= 11 is 0. The molecule has 0 radical (unpaired) electrons. The Labute approximate surface area is 321 Å². The van der Waals surface area contributed by atoms with E-state index in [1.807, 2.05) is 111 Å². The van der Waals surface area contributed by atoms with Crippen molar-refractivity contribution in [3.8, 4) is 17.6 Å². The van der Waals surface area contributed by atoms with Crippen LogP contribution in [-0.4, -0.2) is 77.7 Å². The van der Waals surface area contributed by atoms with E-state index in [1.165, 1.54) is 16.8 Å². The van der Waals surface area contributed by atoms with E-state index in [2.05, 4.69) is 11.1 Å². The van der Waals surface area contributed by atoms with E-state index in [9.17, 15) is 14.9 Å². The number of benzene rings is 3. The third-order valence-electron chi connectivity index (χ3n) is 10.3. The Bertz CT molecular complexity index is 2050. The molecule has 1 spiro atoms. The number of nitrogens with one attached hydrogen (secondary N) is 1. The summed E-state index contributed by atoms with van der Waals surface area (Å²) in [7, 11) is -0.565. The van der Waals surface area contributed by atoms with Crippen LogP contribution in [0.1, 0.15) is 63.5 Å². The second kappa shape index (κ2) is 16.7. The molecule has 0 saturated carbocycles. The summed E-state index contributed by atoms with van der Waals surface area (Å²) < 4.78 is 56.7. The van der Waals surface area contributed by atoms with Gasteiger partial charge in [-0.05, 0) is 68.7 Å². The van der Waals surface area contributed by atoms with Crippen molar-refractivity contribution in [1.29, 1.82) is 5.26 Å². The number of H-pyrrole nitrogens is 1. The lowest BCUT2D eigenvalue weighted by atomic mass is 9.79. The van der Waals surface area contributed by atoms with Gasteiger partial charge in [0, 0.05) is 37.2 Å². The Morgan fingerprint density at radius 2 is 1.49 bits per heavy atom. The lowest BCUT2D eigenvalue weighted by molar-refractivity contribution is -0.223. The number of methoxy groups -OCH3 is 2. The van der Waals surface area contributed by atoms with Crippen LogP contribution in [0.5, 0.6) is 11.5 Å². The van der Waals surface area contributed by atoms with E-state index < -0.39 is 48.4 Å². The normalized spacial score (nSPS) is 22.1. The molecule has 55 heavy (non-hydrogen) atoms. The number of hydrogen-bond donors (Lipinski definition) is 1. The molecule has 6 rings (SSSR count). The number of aromatic nitrogens is 2. The monoisotopic (exact) mass is 772 g/mol. The molecular formula is C41H49N4O9P. The molecule has 1 unspecified atom stereocenters. The first-order chi connectivity index (χ1) is 26.4. The van der Waals surface area contributed by atoms with Crippen molar-refractivity contribution in [3.63, 3.8) is 0 Å². The van der Waals surface area contributed by atoms with Crippen molar-refractivity contribution < 1.29 is 32.8 Å². The second-order valence-electron chi connectivity index (χ2n) is 14.3. The summed E-state index contributed by atoms with van der Waals surface area (Å²) in [4.78, 5) is 27.8. The minimum Gasteiger partial charge on any atom is -0.497 e. The standard InChI is InChI=1S/C41H49N4O9P/c1-28(2)45(29(3)4)55(48,26-10-23-42)54-37-35(53-38(40(37)22-25-51-40)44-24-21-36(46)43-39(44)47)27-52-41(30-11-8-7-9-12-30,31-13-17-33(49-5)18-14-31)32-15-19-34(50-6)20-16-32/h7-9,11-21,24,28-29,35,37-38H,10,22,25-27H2,1-6H3,(H,43,46,47)/t35-,37-,38-,40+,55?/m1/s1. The molecular weight excluding hydrogens is 723 g/mol. The second-order valence-corrected chi connectivity index (χ2v) is 16.7. The first kappa shape index (κ1) is 40.1. The van der Waals surface area contributed by atoms with Gasteiger partial charge in [0.15, 0.2) is 6.23 Å². The number of nitriles is 1. The number of hydrogen-bond acceptors (Lipinski definition) is 10. The summed E-state index contributed by atoms with van der Waals surface area (Å²) in [6, 6.07) is 28.0. The van der Waals surface area contributed by atoms with Gasteiger partial charge >= 0.3 is 5.69 Å². The summed E-state index contributed by atoms with van der Waals surface area (Å²) in [5.41, 5.74) is -1.39. The minimum atomic E-state index is -3.78. The van der Waals surface area contributed by atoms with Crippen molar-refractivity contribution >= 4 is 7.52 Å². The van der Waals surface area contributed by atoms with Crippen molar-refractivity contribution in [3.05, 3.63) is 129 Å². The van der Waals surface area contributed by atoms with Crippen LogP contribution in [0.4, 0.5) is 0 Å².